The van der Waals surface area contributed by atoms with Gasteiger partial charge in [-0.05, 0) is 40.9 Å². The molecule has 2 heterocycles. The smallest absolute Gasteiger partial charge is 0.356 e. The molecule has 0 bridgehead atoms. The first-order valence-electron chi connectivity index (χ1n) is 5.59. The van der Waals surface area contributed by atoms with Gasteiger partial charge in [0.05, 0.1) is 7.11 Å². The predicted molar refractivity (Wildman–Crippen MR) is 72.1 cm³/mol. The van der Waals surface area contributed by atoms with Crippen LogP contribution in [0.2, 0.25) is 0 Å². The second kappa shape index (κ2) is 6.16. The van der Waals surface area contributed by atoms with Crippen LogP contribution in [-0.4, -0.2) is 24.6 Å². The highest BCUT2D eigenvalue weighted by atomic mass is 32.1. The average molecular weight is 262 g/mol. The van der Waals surface area contributed by atoms with Crippen molar-refractivity contribution in [3.8, 4) is 0 Å². The third-order valence-electron chi connectivity index (χ3n) is 2.48. The molecule has 0 atom stereocenters. The summed E-state index contributed by atoms with van der Waals surface area (Å²) >= 11 is 1.70. The van der Waals surface area contributed by atoms with Gasteiger partial charge in [0.2, 0.25) is 0 Å². The number of aromatic nitrogens is 1. The van der Waals surface area contributed by atoms with E-state index in [1.807, 2.05) is 6.07 Å². The van der Waals surface area contributed by atoms with Crippen molar-refractivity contribution < 1.29 is 9.53 Å². The van der Waals surface area contributed by atoms with Crippen LogP contribution in [0.4, 0.5) is 5.69 Å². The van der Waals surface area contributed by atoms with Crippen LogP contribution in [-0.2, 0) is 11.2 Å². The quantitative estimate of drug-likeness (QED) is 0.841. The van der Waals surface area contributed by atoms with E-state index < -0.39 is 5.97 Å². The summed E-state index contributed by atoms with van der Waals surface area (Å²) < 4.78 is 4.63. The van der Waals surface area contributed by atoms with Gasteiger partial charge in [-0.2, -0.15) is 11.3 Å². The number of methoxy groups -OCH3 is 1. The Morgan fingerprint density at radius 1 is 1.50 bits per heavy atom. The molecule has 0 radical (unpaired) electrons. The molecule has 0 aliphatic heterocycles. The molecule has 0 unspecified atom stereocenters. The lowest BCUT2D eigenvalue weighted by atomic mass is 10.2. The predicted octanol–water partition coefficient (Wildman–Crippen LogP) is 2.58. The Balaban J connectivity index is 1.91. The molecule has 0 aliphatic carbocycles. The van der Waals surface area contributed by atoms with Gasteiger partial charge in [0, 0.05) is 18.4 Å². The maximum absolute atomic E-state index is 11.3. The van der Waals surface area contributed by atoms with E-state index in [1.165, 1.54) is 12.7 Å². The van der Waals surface area contributed by atoms with Gasteiger partial charge < -0.3 is 10.1 Å². The number of esters is 1. The fourth-order valence-corrected chi connectivity index (χ4v) is 2.25. The molecular formula is C13H14N2O2S. The Morgan fingerprint density at radius 3 is 3.11 bits per heavy atom. The van der Waals surface area contributed by atoms with E-state index in [0.717, 1.165) is 18.7 Å². The maximum atomic E-state index is 11.3. The lowest BCUT2D eigenvalue weighted by Crippen LogP contribution is -2.08. The molecule has 0 spiro atoms. The molecule has 0 aliphatic rings. The molecule has 1 N–H and O–H groups in total. The molecule has 2 aromatic heterocycles. The van der Waals surface area contributed by atoms with Gasteiger partial charge >= 0.3 is 5.97 Å². The van der Waals surface area contributed by atoms with Crippen LogP contribution in [0.3, 0.4) is 0 Å². The molecule has 0 aromatic carbocycles. The fourth-order valence-electron chi connectivity index (χ4n) is 1.54. The first-order chi connectivity index (χ1) is 8.79. The second-order valence-corrected chi connectivity index (χ2v) is 4.51. The number of nitrogens with one attached hydrogen (secondary N) is 1. The van der Waals surface area contributed by atoms with Crippen molar-refractivity contribution in [1.82, 2.24) is 4.98 Å². The molecule has 0 saturated heterocycles. The Labute approximate surface area is 110 Å². The molecule has 18 heavy (non-hydrogen) atoms. The number of anilines is 1. The van der Waals surface area contributed by atoms with E-state index in [1.54, 1.807) is 23.6 Å². The van der Waals surface area contributed by atoms with Crippen LogP contribution in [0, 0.1) is 0 Å². The first kappa shape index (κ1) is 12.6. The fraction of sp³-hybridized carbons (Fsp3) is 0.231. The normalized spacial score (nSPS) is 10.1. The van der Waals surface area contributed by atoms with E-state index in [9.17, 15) is 4.79 Å². The number of carbonyl (C=O) groups is 1. The van der Waals surface area contributed by atoms with Crippen LogP contribution in [0.1, 0.15) is 16.1 Å². The maximum Gasteiger partial charge on any atom is 0.356 e. The van der Waals surface area contributed by atoms with Crippen molar-refractivity contribution in [1.29, 1.82) is 0 Å². The van der Waals surface area contributed by atoms with Gasteiger partial charge in [-0.1, -0.05) is 0 Å². The number of thiophene rings is 1. The molecule has 2 rings (SSSR count). The summed E-state index contributed by atoms with van der Waals surface area (Å²) in [6.07, 6.45) is 2.55. The van der Waals surface area contributed by atoms with Crippen LogP contribution in [0.25, 0.3) is 0 Å². The topological polar surface area (TPSA) is 51.2 Å². The van der Waals surface area contributed by atoms with Gasteiger partial charge in [0.1, 0.15) is 5.69 Å². The molecule has 4 nitrogen and oxygen atoms in total. The monoisotopic (exact) mass is 262 g/mol. The van der Waals surface area contributed by atoms with E-state index in [2.05, 4.69) is 31.9 Å². The molecule has 0 saturated carbocycles. The molecule has 2 aromatic rings. The number of ether oxygens (including phenoxy) is 1. The lowest BCUT2D eigenvalue weighted by molar-refractivity contribution is 0.0594. The van der Waals surface area contributed by atoms with Crippen molar-refractivity contribution in [2.75, 3.05) is 19.0 Å². The average Bonchev–Trinajstić information content (AvgIpc) is 2.91. The number of hydrogen-bond acceptors (Lipinski definition) is 5. The summed E-state index contributed by atoms with van der Waals surface area (Å²) in [5.74, 6) is -0.420. The first-order valence-corrected chi connectivity index (χ1v) is 6.53. The summed E-state index contributed by atoms with van der Waals surface area (Å²) in [5.41, 5.74) is 2.51. The highest BCUT2D eigenvalue weighted by molar-refractivity contribution is 7.07. The Morgan fingerprint density at radius 2 is 2.39 bits per heavy atom. The Kier molecular flexibility index (Phi) is 4.30. The van der Waals surface area contributed by atoms with E-state index in [4.69, 9.17) is 0 Å². The van der Waals surface area contributed by atoms with Crippen LogP contribution >= 0.6 is 11.3 Å². The zero-order chi connectivity index (χ0) is 12.8. The van der Waals surface area contributed by atoms with Gasteiger partial charge in [-0.25, -0.2) is 9.78 Å². The summed E-state index contributed by atoms with van der Waals surface area (Å²) in [4.78, 5) is 15.3. The van der Waals surface area contributed by atoms with Crippen molar-refractivity contribution in [3.05, 3.63) is 46.4 Å². The van der Waals surface area contributed by atoms with Crippen LogP contribution in [0.15, 0.2) is 35.2 Å². The number of carbonyl (C=O) groups excluding carboxylic acids is 1. The number of nitrogens with zero attached hydrogens (tertiary/aromatic N) is 1. The number of pyridine rings is 1. The highest BCUT2D eigenvalue weighted by Gasteiger charge is 2.06. The third kappa shape index (κ3) is 3.30. The summed E-state index contributed by atoms with van der Waals surface area (Å²) in [7, 11) is 1.35. The minimum Gasteiger partial charge on any atom is -0.464 e. The standard InChI is InChI=1S/C13H14N2O2S/c1-17-13(16)12-8-11(3-6-15-12)14-5-2-10-4-7-18-9-10/h3-4,6-9H,2,5H2,1H3,(H,14,15). The molecule has 94 valence electrons. The summed E-state index contributed by atoms with van der Waals surface area (Å²) in [6, 6.07) is 5.64. The minimum absolute atomic E-state index is 0.318. The van der Waals surface area contributed by atoms with E-state index >= 15 is 0 Å². The van der Waals surface area contributed by atoms with E-state index in [0.29, 0.717) is 5.69 Å². The highest BCUT2D eigenvalue weighted by Crippen LogP contribution is 2.10. The number of hydrogen-bond donors (Lipinski definition) is 1. The molecule has 0 amide bonds. The van der Waals surface area contributed by atoms with Crippen molar-refractivity contribution in [2.24, 2.45) is 0 Å². The summed E-state index contributed by atoms with van der Waals surface area (Å²) in [5, 5.41) is 7.46. The molecule has 5 heteroatoms. The second-order valence-electron chi connectivity index (χ2n) is 3.73. The molecule has 0 fully saturated rings. The lowest BCUT2D eigenvalue weighted by Gasteiger charge is -2.06. The third-order valence-corrected chi connectivity index (χ3v) is 3.21. The summed E-state index contributed by atoms with van der Waals surface area (Å²) in [6.45, 7) is 0.821. The largest absolute Gasteiger partial charge is 0.464 e. The zero-order valence-electron chi connectivity index (χ0n) is 10.1. The van der Waals surface area contributed by atoms with E-state index in [-0.39, 0.29) is 0 Å². The molecular weight excluding hydrogens is 248 g/mol. The zero-order valence-corrected chi connectivity index (χ0v) is 10.9. The van der Waals surface area contributed by atoms with Crippen molar-refractivity contribution >= 4 is 23.0 Å². The van der Waals surface area contributed by atoms with Gasteiger partial charge in [0.15, 0.2) is 0 Å². The van der Waals surface area contributed by atoms with Crippen molar-refractivity contribution in [2.45, 2.75) is 6.42 Å². The minimum atomic E-state index is -0.420. The van der Waals surface area contributed by atoms with Crippen LogP contribution in [0.5, 0.6) is 0 Å². The van der Waals surface area contributed by atoms with Crippen molar-refractivity contribution in [3.63, 3.8) is 0 Å². The number of rotatable bonds is 5. The van der Waals surface area contributed by atoms with Gasteiger partial charge in [0.25, 0.3) is 0 Å². The van der Waals surface area contributed by atoms with Gasteiger partial charge in [-0.3, -0.25) is 0 Å². The Bertz CT molecular complexity index is 511. The Hall–Kier alpha value is -1.88. The SMILES string of the molecule is COC(=O)c1cc(NCCc2ccsc2)ccn1. The van der Waals surface area contributed by atoms with Crippen LogP contribution < -0.4 is 5.32 Å². The van der Waals surface area contributed by atoms with Gasteiger partial charge in [-0.15, -0.1) is 0 Å².